The molecule has 0 radical (unpaired) electrons. The molecule has 4 nitrogen and oxygen atoms in total. The molecule has 0 saturated heterocycles. The normalized spacial score (nSPS) is 12.7. The summed E-state index contributed by atoms with van der Waals surface area (Å²) in [5.41, 5.74) is -0.453. The molecule has 0 aliphatic carbocycles. The first-order valence-electron chi connectivity index (χ1n) is 5.49. The number of carbonyl (C=O) groups excluding carboxylic acids is 1. The molecule has 0 fully saturated rings. The molecule has 0 aromatic carbocycles. The van der Waals surface area contributed by atoms with Gasteiger partial charge in [-0.15, -0.1) is 6.42 Å². The first kappa shape index (κ1) is 14.8. The molecule has 0 saturated carbocycles. The fourth-order valence-electron chi connectivity index (χ4n) is 1.06. The monoisotopic (exact) mass is 226 g/mol. The predicted molar refractivity (Wildman–Crippen MR) is 65.2 cm³/mol. The fraction of sp³-hybridized carbons (Fsp3) is 0.750. The summed E-state index contributed by atoms with van der Waals surface area (Å²) in [6.07, 6.45) is 5.54. The third kappa shape index (κ3) is 9.35. The van der Waals surface area contributed by atoms with Gasteiger partial charge in [0.1, 0.15) is 5.60 Å². The van der Waals surface area contributed by atoms with E-state index in [4.69, 9.17) is 11.2 Å². The van der Waals surface area contributed by atoms with E-state index >= 15 is 0 Å². The van der Waals surface area contributed by atoms with E-state index in [1.165, 1.54) is 0 Å². The van der Waals surface area contributed by atoms with Crippen molar-refractivity contribution in [1.82, 2.24) is 10.6 Å². The zero-order valence-corrected chi connectivity index (χ0v) is 10.6. The van der Waals surface area contributed by atoms with Gasteiger partial charge >= 0.3 is 6.09 Å². The number of terminal acetylenes is 1. The summed E-state index contributed by atoms with van der Waals surface area (Å²) in [5, 5.41) is 5.82. The molecule has 1 unspecified atom stereocenters. The molecule has 92 valence electrons. The van der Waals surface area contributed by atoms with E-state index in [1.54, 1.807) is 0 Å². The Hall–Kier alpha value is -1.21. The van der Waals surface area contributed by atoms with Gasteiger partial charge in [-0.1, -0.05) is 5.92 Å². The lowest BCUT2D eigenvalue weighted by molar-refractivity contribution is 0.0506. The Morgan fingerprint density at radius 2 is 2.12 bits per heavy atom. The van der Waals surface area contributed by atoms with Gasteiger partial charge in [0.05, 0.1) is 6.54 Å². The maximum Gasteiger partial charge on any atom is 0.407 e. The van der Waals surface area contributed by atoms with Crippen LogP contribution in [0.4, 0.5) is 4.79 Å². The Kier molecular flexibility index (Phi) is 6.59. The van der Waals surface area contributed by atoms with E-state index in [2.05, 4.69) is 16.6 Å². The van der Waals surface area contributed by atoms with Gasteiger partial charge in [0.25, 0.3) is 0 Å². The van der Waals surface area contributed by atoms with Crippen LogP contribution in [-0.4, -0.2) is 30.8 Å². The van der Waals surface area contributed by atoms with Crippen molar-refractivity contribution in [2.75, 3.05) is 13.1 Å². The van der Waals surface area contributed by atoms with Crippen LogP contribution in [0.15, 0.2) is 0 Å². The molecule has 0 aliphatic heterocycles. The lowest BCUT2D eigenvalue weighted by atomic mass is 10.2. The second kappa shape index (κ2) is 7.13. The van der Waals surface area contributed by atoms with Gasteiger partial charge in [0, 0.05) is 6.04 Å². The summed E-state index contributed by atoms with van der Waals surface area (Å²) in [5.74, 6) is 2.49. The van der Waals surface area contributed by atoms with Crippen LogP contribution in [0, 0.1) is 12.3 Å². The van der Waals surface area contributed by atoms with Crippen LogP contribution >= 0.6 is 0 Å². The highest BCUT2D eigenvalue weighted by molar-refractivity contribution is 5.67. The number of ether oxygens (including phenoxy) is 1. The number of carbonyl (C=O) groups is 1. The van der Waals surface area contributed by atoms with Gasteiger partial charge in [0.15, 0.2) is 0 Å². The Morgan fingerprint density at radius 3 is 2.62 bits per heavy atom. The molecule has 0 bridgehead atoms. The number of amides is 1. The third-order valence-electron chi connectivity index (χ3n) is 1.74. The number of hydrogen-bond acceptors (Lipinski definition) is 3. The zero-order valence-electron chi connectivity index (χ0n) is 10.6. The standard InChI is InChI=1S/C12H22N2O2/c1-6-8-13-9-7-10(2)14-11(15)16-12(3,4)5/h1,10,13H,7-9H2,2-5H3,(H,14,15). The molecule has 16 heavy (non-hydrogen) atoms. The SMILES string of the molecule is C#CCNCCC(C)NC(=O)OC(C)(C)C. The molecular formula is C12H22N2O2. The Labute approximate surface area is 98.1 Å². The summed E-state index contributed by atoms with van der Waals surface area (Å²) in [6, 6.07) is 0.0696. The molecule has 0 aromatic rings. The summed E-state index contributed by atoms with van der Waals surface area (Å²) >= 11 is 0. The maximum absolute atomic E-state index is 11.4. The molecule has 1 amide bonds. The van der Waals surface area contributed by atoms with Crippen LogP contribution in [-0.2, 0) is 4.74 Å². The number of rotatable bonds is 5. The van der Waals surface area contributed by atoms with Crippen molar-refractivity contribution >= 4 is 6.09 Å². The topological polar surface area (TPSA) is 50.4 Å². The van der Waals surface area contributed by atoms with Crippen molar-refractivity contribution in [3.05, 3.63) is 0 Å². The Bertz CT molecular complexity index is 251. The zero-order chi connectivity index (χ0) is 12.6. The van der Waals surface area contributed by atoms with Crippen LogP contribution in [0.2, 0.25) is 0 Å². The van der Waals surface area contributed by atoms with E-state index < -0.39 is 5.60 Å². The smallest absolute Gasteiger partial charge is 0.407 e. The van der Waals surface area contributed by atoms with Crippen molar-refractivity contribution < 1.29 is 9.53 Å². The van der Waals surface area contributed by atoms with Gasteiger partial charge in [-0.2, -0.15) is 0 Å². The average Bonchev–Trinajstić information content (AvgIpc) is 2.09. The van der Waals surface area contributed by atoms with E-state index in [0.717, 1.165) is 13.0 Å². The van der Waals surface area contributed by atoms with Crippen molar-refractivity contribution in [3.8, 4) is 12.3 Å². The molecule has 0 aliphatic rings. The van der Waals surface area contributed by atoms with Crippen LogP contribution in [0.3, 0.4) is 0 Å². The minimum absolute atomic E-state index is 0.0696. The lowest BCUT2D eigenvalue weighted by Crippen LogP contribution is -2.39. The first-order chi connectivity index (χ1) is 7.35. The highest BCUT2D eigenvalue weighted by Gasteiger charge is 2.17. The molecule has 0 rings (SSSR count). The summed E-state index contributed by atoms with van der Waals surface area (Å²) in [4.78, 5) is 11.4. The van der Waals surface area contributed by atoms with E-state index in [-0.39, 0.29) is 12.1 Å². The largest absolute Gasteiger partial charge is 0.444 e. The number of alkyl carbamates (subject to hydrolysis) is 1. The van der Waals surface area contributed by atoms with Crippen LogP contribution in [0.25, 0.3) is 0 Å². The van der Waals surface area contributed by atoms with E-state index in [9.17, 15) is 4.79 Å². The van der Waals surface area contributed by atoms with Crippen LogP contribution in [0.5, 0.6) is 0 Å². The van der Waals surface area contributed by atoms with Gasteiger partial charge in [0.2, 0.25) is 0 Å². The summed E-state index contributed by atoms with van der Waals surface area (Å²) in [6.45, 7) is 8.78. The van der Waals surface area contributed by atoms with Crippen LogP contribution < -0.4 is 10.6 Å². The molecule has 4 heteroatoms. The summed E-state index contributed by atoms with van der Waals surface area (Å²) in [7, 11) is 0. The molecule has 2 N–H and O–H groups in total. The number of hydrogen-bond donors (Lipinski definition) is 2. The van der Waals surface area contributed by atoms with Gasteiger partial charge in [-0.05, 0) is 40.7 Å². The van der Waals surface area contributed by atoms with Gasteiger partial charge in [-0.25, -0.2) is 4.79 Å². The second-order valence-electron chi connectivity index (χ2n) is 4.72. The molecule has 1 atom stereocenters. The Morgan fingerprint density at radius 1 is 1.50 bits per heavy atom. The third-order valence-corrected chi connectivity index (χ3v) is 1.74. The molecular weight excluding hydrogens is 204 g/mol. The molecule has 0 heterocycles. The highest BCUT2D eigenvalue weighted by atomic mass is 16.6. The number of nitrogens with one attached hydrogen (secondary N) is 2. The van der Waals surface area contributed by atoms with E-state index in [0.29, 0.717) is 6.54 Å². The minimum atomic E-state index is -0.453. The highest BCUT2D eigenvalue weighted by Crippen LogP contribution is 2.06. The summed E-state index contributed by atoms with van der Waals surface area (Å²) < 4.78 is 5.13. The van der Waals surface area contributed by atoms with Crippen molar-refractivity contribution in [1.29, 1.82) is 0 Å². The second-order valence-corrected chi connectivity index (χ2v) is 4.72. The van der Waals surface area contributed by atoms with Crippen molar-refractivity contribution in [3.63, 3.8) is 0 Å². The predicted octanol–water partition coefficient (Wildman–Crippen LogP) is 1.51. The van der Waals surface area contributed by atoms with Gasteiger partial charge in [-0.3, -0.25) is 0 Å². The lowest BCUT2D eigenvalue weighted by Gasteiger charge is -2.21. The van der Waals surface area contributed by atoms with Crippen LogP contribution in [0.1, 0.15) is 34.1 Å². The van der Waals surface area contributed by atoms with Crippen molar-refractivity contribution in [2.24, 2.45) is 0 Å². The molecule has 0 aromatic heterocycles. The van der Waals surface area contributed by atoms with E-state index in [1.807, 2.05) is 27.7 Å². The molecule has 0 spiro atoms. The average molecular weight is 226 g/mol. The maximum atomic E-state index is 11.4. The van der Waals surface area contributed by atoms with Crippen molar-refractivity contribution in [2.45, 2.75) is 45.8 Å². The van der Waals surface area contributed by atoms with Gasteiger partial charge < -0.3 is 15.4 Å². The Balaban J connectivity index is 3.67. The fourth-order valence-corrected chi connectivity index (χ4v) is 1.06. The first-order valence-corrected chi connectivity index (χ1v) is 5.49. The quantitative estimate of drug-likeness (QED) is 0.552. The minimum Gasteiger partial charge on any atom is -0.444 e.